The molecule has 0 spiro atoms. The number of rotatable bonds is 4. The van der Waals surface area contributed by atoms with E-state index in [9.17, 15) is 0 Å². The highest BCUT2D eigenvalue weighted by molar-refractivity contribution is 6.20. The molecular formula is C11H23ClN2. The largest absolute Gasteiger partial charge is 0.304 e. The fourth-order valence-electron chi connectivity index (χ4n) is 1.95. The van der Waals surface area contributed by atoms with Crippen molar-refractivity contribution in [2.75, 3.05) is 33.2 Å². The number of hydrogen-bond donors (Lipinski definition) is 0. The Bertz CT molecular complexity index is 155. The molecule has 0 aliphatic carbocycles. The summed E-state index contributed by atoms with van der Waals surface area (Å²) in [6.45, 7) is 9.26. The molecule has 1 saturated heterocycles. The SMILES string of the molecule is CCC(Cl)CC(C)N1CCN(C)CC1. The summed E-state index contributed by atoms with van der Waals surface area (Å²) in [5.41, 5.74) is 0. The average Bonchev–Trinajstić information content (AvgIpc) is 2.18. The number of hydrogen-bond acceptors (Lipinski definition) is 2. The van der Waals surface area contributed by atoms with Gasteiger partial charge in [-0.3, -0.25) is 4.90 Å². The molecule has 0 bridgehead atoms. The zero-order chi connectivity index (χ0) is 10.6. The molecule has 1 aliphatic heterocycles. The summed E-state index contributed by atoms with van der Waals surface area (Å²) < 4.78 is 0. The first-order chi connectivity index (χ1) is 6.63. The molecule has 1 aliphatic rings. The molecule has 1 rings (SSSR count). The molecule has 14 heavy (non-hydrogen) atoms. The molecule has 0 amide bonds. The number of alkyl halides is 1. The maximum Gasteiger partial charge on any atom is 0.0348 e. The highest BCUT2D eigenvalue weighted by atomic mass is 35.5. The molecule has 0 radical (unpaired) electrons. The first-order valence-electron chi connectivity index (χ1n) is 5.70. The highest BCUT2D eigenvalue weighted by Crippen LogP contribution is 2.15. The smallest absolute Gasteiger partial charge is 0.0348 e. The van der Waals surface area contributed by atoms with Gasteiger partial charge in [0.25, 0.3) is 0 Å². The quantitative estimate of drug-likeness (QED) is 0.667. The third-order valence-corrected chi connectivity index (χ3v) is 3.69. The van der Waals surface area contributed by atoms with Gasteiger partial charge in [-0.25, -0.2) is 0 Å². The van der Waals surface area contributed by atoms with Crippen LogP contribution in [-0.2, 0) is 0 Å². The third kappa shape index (κ3) is 3.76. The van der Waals surface area contributed by atoms with Gasteiger partial charge in [-0.05, 0) is 26.8 Å². The van der Waals surface area contributed by atoms with Crippen molar-refractivity contribution in [3.05, 3.63) is 0 Å². The van der Waals surface area contributed by atoms with E-state index < -0.39 is 0 Å². The second-order valence-electron chi connectivity index (χ2n) is 4.43. The van der Waals surface area contributed by atoms with E-state index in [1.165, 1.54) is 26.2 Å². The summed E-state index contributed by atoms with van der Waals surface area (Å²) in [7, 11) is 2.19. The summed E-state index contributed by atoms with van der Waals surface area (Å²) in [5, 5.41) is 0.352. The molecule has 3 heteroatoms. The lowest BCUT2D eigenvalue weighted by Crippen LogP contribution is -2.48. The molecule has 0 N–H and O–H groups in total. The molecule has 0 aromatic rings. The van der Waals surface area contributed by atoms with E-state index >= 15 is 0 Å². The Balaban J connectivity index is 2.26. The number of nitrogens with zero attached hydrogens (tertiary/aromatic N) is 2. The van der Waals surface area contributed by atoms with Crippen LogP contribution in [0.15, 0.2) is 0 Å². The van der Waals surface area contributed by atoms with Gasteiger partial charge in [0.15, 0.2) is 0 Å². The van der Waals surface area contributed by atoms with E-state index in [2.05, 4.69) is 30.7 Å². The molecule has 0 aromatic heterocycles. The van der Waals surface area contributed by atoms with Crippen LogP contribution in [-0.4, -0.2) is 54.4 Å². The van der Waals surface area contributed by atoms with Crippen LogP contribution in [0.25, 0.3) is 0 Å². The Morgan fingerprint density at radius 2 is 1.79 bits per heavy atom. The van der Waals surface area contributed by atoms with E-state index in [0.29, 0.717) is 11.4 Å². The van der Waals surface area contributed by atoms with Crippen LogP contribution in [0.2, 0.25) is 0 Å². The van der Waals surface area contributed by atoms with Crippen molar-refractivity contribution in [2.24, 2.45) is 0 Å². The van der Waals surface area contributed by atoms with E-state index in [1.54, 1.807) is 0 Å². The van der Waals surface area contributed by atoms with E-state index in [0.717, 1.165) is 12.8 Å². The Morgan fingerprint density at radius 3 is 2.29 bits per heavy atom. The molecule has 0 saturated carbocycles. The lowest BCUT2D eigenvalue weighted by Gasteiger charge is -2.37. The minimum absolute atomic E-state index is 0.352. The van der Waals surface area contributed by atoms with Gasteiger partial charge in [0, 0.05) is 37.6 Å². The Hall–Kier alpha value is 0.210. The van der Waals surface area contributed by atoms with Crippen molar-refractivity contribution in [1.82, 2.24) is 9.80 Å². The fraction of sp³-hybridized carbons (Fsp3) is 1.00. The molecule has 2 atom stereocenters. The molecule has 1 heterocycles. The van der Waals surface area contributed by atoms with E-state index in [1.807, 2.05) is 0 Å². The second-order valence-corrected chi connectivity index (χ2v) is 5.05. The summed E-state index contributed by atoms with van der Waals surface area (Å²) >= 11 is 6.17. The molecule has 1 fully saturated rings. The zero-order valence-corrected chi connectivity index (χ0v) is 10.4. The van der Waals surface area contributed by atoms with Crippen LogP contribution < -0.4 is 0 Å². The van der Waals surface area contributed by atoms with Gasteiger partial charge < -0.3 is 4.90 Å². The van der Waals surface area contributed by atoms with Crippen molar-refractivity contribution in [3.63, 3.8) is 0 Å². The van der Waals surface area contributed by atoms with Crippen molar-refractivity contribution < 1.29 is 0 Å². The van der Waals surface area contributed by atoms with Gasteiger partial charge >= 0.3 is 0 Å². The number of piperazine rings is 1. The summed E-state index contributed by atoms with van der Waals surface area (Å²) in [6.07, 6.45) is 2.21. The van der Waals surface area contributed by atoms with E-state index in [4.69, 9.17) is 11.6 Å². The summed E-state index contributed by atoms with van der Waals surface area (Å²) in [6, 6.07) is 0.645. The highest BCUT2D eigenvalue weighted by Gasteiger charge is 2.20. The predicted molar refractivity (Wildman–Crippen MR) is 63.1 cm³/mol. The average molecular weight is 219 g/mol. The molecule has 0 aromatic carbocycles. The molecule has 2 unspecified atom stereocenters. The number of halogens is 1. The van der Waals surface area contributed by atoms with Crippen LogP contribution in [0.4, 0.5) is 0 Å². The Kier molecular flexibility index (Phi) is 5.21. The van der Waals surface area contributed by atoms with Crippen LogP contribution in [0.3, 0.4) is 0 Å². The second kappa shape index (κ2) is 5.94. The first kappa shape index (κ1) is 12.3. The van der Waals surface area contributed by atoms with Crippen LogP contribution in [0, 0.1) is 0 Å². The lowest BCUT2D eigenvalue weighted by atomic mass is 10.1. The van der Waals surface area contributed by atoms with Gasteiger partial charge in [-0.15, -0.1) is 11.6 Å². The lowest BCUT2D eigenvalue weighted by molar-refractivity contribution is 0.114. The van der Waals surface area contributed by atoms with Gasteiger partial charge in [-0.2, -0.15) is 0 Å². The minimum atomic E-state index is 0.352. The molecular weight excluding hydrogens is 196 g/mol. The maximum absolute atomic E-state index is 6.17. The number of likely N-dealkylation sites (N-methyl/N-ethyl adjacent to an activating group) is 1. The van der Waals surface area contributed by atoms with Crippen LogP contribution in [0.1, 0.15) is 26.7 Å². The monoisotopic (exact) mass is 218 g/mol. The standard InChI is InChI=1S/C11H23ClN2/c1-4-11(12)9-10(2)14-7-5-13(3)6-8-14/h10-11H,4-9H2,1-3H3. The zero-order valence-electron chi connectivity index (χ0n) is 9.67. The molecule has 2 nitrogen and oxygen atoms in total. The predicted octanol–water partition coefficient (Wildman–Crippen LogP) is 2.03. The maximum atomic E-state index is 6.17. The fourth-order valence-corrected chi connectivity index (χ4v) is 2.21. The Morgan fingerprint density at radius 1 is 1.21 bits per heavy atom. The van der Waals surface area contributed by atoms with Crippen LogP contribution in [0.5, 0.6) is 0 Å². The van der Waals surface area contributed by atoms with Gasteiger partial charge in [0.2, 0.25) is 0 Å². The normalized spacial score (nSPS) is 24.9. The topological polar surface area (TPSA) is 6.48 Å². The van der Waals surface area contributed by atoms with Gasteiger partial charge in [0.1, 0.15) is 0 Å². The van der Waals surface area contributed by atoms with Crippen molar-refractivity contribution in [3.8, 4) is 0 Å². The van der Waals surface area contributed by atoms with Gasteiger partial charge in [-0.1, -0.05) is 6.92 Å². The van der Waals surface area contributed by atoms with E-state index in [-0.39, 0.29) is 0 Å². The molecule has 84 valence electrons. The van der Waals surface area contributed by atoms with Crippen molar-refractivity contribution in [1.29, 1.82) is 0 Å². The van der Waals surface area contributed by atoms with Crippen molar-refractivity contribution in [2.45, 2.75) is 38.1 Å². The summed E-state index contributed by atoms with van der Waals surface area (Å²) in [5.74, 6) is 0. The Labute approximate surface area is 93.2 Å². The van der Waals surface area contributed by atoms with Crippen molar-refractivity contribution >= 4 is 11.6 Å². The third-order valence-electron chi connectivity index (χ3n) is 3.20. The summed E-state index contributed by atoms with van der Waals surface area (Å²) in [4.78, 5) is 4.95. The first-order valence-corrected chi connectivity index (χ1v) is 6.13. The minimum Gasteiger partial charge on any atom is -0.304 e. The van der Waals surface area contributed by atoms with Crippen LogP contribution >= 0.6 is 11.6 Å². The van der Waals surface area contributed by atoms with Gasteiger partial charge in [0.05, 0.1) is 0 Å².